The average molecular weight is 197 g/mol. The van der Waals surface area contributed by atoms with Gasteiger partial charge in [-0.05, 0) is 11.6 Å². The molecule has 1 N–H and O–H groups in total. The highest BCUT2D eigenvalue weighted by Crippen LogP contribution is 2.26. The van der Waals surface area contributed by atoms with Gasteiger partial charge in [-0.15, -0.1) is 0 Å². The molecule has 0 saturated heterocycles. The van der Waals surface area contributed by atoms with Crippen molar-refractivity contribution in [3.8, 4) is 0 Å². The van der Waals surface area contributed by atoms with E-state index in [0.717, 1.165) is 0 Å². The molecule has 1 radical (unpaired) electrons. The number of aromatic nitrogens is 2. The second-order valence-electron chi connectivity index (χ2n) is 1.45. The van der Waals surface area contributed by atoms with Crippen molar-refractivity contribution in [1.29, 1.82) is 0 Å². The van der Waals surface area contributed by atoms with Gasteiger partial charge in [0.15, 0.2) is 11.0 Å². The Morgan fingerprint density at radius 1 is 1.10 bits per heavy atom. The van der Waals surface area contributed by atoms with Crippen molar-refractivity contribution in [2.24, 2.45) is 0 Å². The zero-order valence-electron chi connectivity index (χ0n) is 4.53. The Labute approximate surface area is 72.1 Å². The van der Waals surface area contributed by atoms with Crippen LogP contribution in [0.15, 0.2) is 0 Å². The molecular weight excluding hydrogens is 196 g/mol. The Morgan fingerprint density at radius 2 is 1.70 bits per heavy atom. The van der Waals surface area contributed by atoms with Gasteiger partial charge in [0, 0.05) is 0 Å². The molecule has 6 heteroatoms. The summed E-state index contributed by atoms with van der Waals surface area (Å²) in [6.07, 6.45) is 0. The minimum absolute atomic E-state index is 0.00617. The molecule has 0 spiro atoms. The predicted molar refractivity (Wildman–Crippen MR) is 39.8 cm³/mol. The van der Waals surface area contributed by atoms with Crippen LogP contribution in [-0.4, -0.2) is 9.97 Å². The molecule has 0 aliphatic rings. The van der Waals surface area contributed by atoms with Gasteiger partial charge in [0.05, 0.1) is 0 Å². The predicted octanol–water partition coefficient (Wildman–Crippen LogP) is 2.35. The molecule has 1 aromatic heterocycles. The van der Waals surface area contributed by atoms with Gasteiger partial charge in [0.25, 0.3) is 0 Å². The van der Waals surface area contributed by atoms with E-state index in [1.807, 2.05) is 0 Å². The Bertz CT molecular complexity index is 239. The van der Waals surface area contributed by atoms with Crippen LogP contribution in [0.5, 0.6) is 0 Å². The molecule has 0 aromatic carbocycles. The van der Waals surface area contributed by atoms with E-state index in [2.05, 4.69) is 9.97 Å². The van der Waals surface area contributed by atoms with Crippen molar-refractivity contribution < 1.29 is 0 Å². The molecule has 0 atom stereocenters. The smallest absolute Gasteiger partial charge is 0.225 e. The normalized spacial score (nSPS) is 9.90. The number of hydrogen-bond donors (Lipinski definition) is 0. The first-order valence-corrected chi connectivity index (χ1v) is 3.35. The van der Waals surface area contributed by atoms with Gasteiger partial charge in [-0.2, -0.15) is 4.98 Å². The minimum atomic E-state index is -0.160. The fraction of sp³-hybridized carbons (Fsp3) is 0. The van der Waals surface area contributed by atoms with Gasteiger partial charge in [-0.1, -0.05) is 23.2 Å². The molecule has 53 valence electrons. The van der Waals surface area contributed by atoms with Gasteiger partial charge in [-0.3, -0.25) is 5.73 Å². The van der Waals surface area contributed by atoms with Crippen molar-refractivity contribution in [2.45, 2.75) is 0 Å². The molecule has 0 saturated carbocycles. The van der Waals surface area contributed by atoms with E-state index in [0.29, 0.717) is 0 Å². The first kappa shape index (κ1) is 7.85. The van der Waals surface area contributed by atoms with E-state index in [1.54, 1.807) is 0 Å². The molecule has 0 fully saturated rings. The molecular formula is C4HCl3N3. The van der Waals surface area contributed by atoms with Crippen LogP contribution in [-0.2, 0) is 0 Å². The van der Waals surface area contributed by atoms with E-state index in [1.165, 1.54) is 0 Å². The van der Waals surface area contributed by atoms with Gasteiger partial charge < -0.3 is 0 Å². The SMILES string of the molecule is [NH]c1nc(Cl)nc(Cl)c1Cl. The van der Waals surface area contributed by atoms with Crippen molar-refractivity contribution in [3.05, 3.63) is 15.5 Å². The number of rotatable bonds is 0. The topological polar surface area (TPSA) is 49.6 Å². The molecule has 3 nitrogen and oxygen atoms in total. The molecule has 0 amide bonds. The Morgan fingerprint density at radius 3 is 2.20 bits per heavy atom. The van der Waals surface area contributed by atoms with Crippen LogP contribution in [0.3, 0.4) is 0 Å². The fourth-order valence-corrected chi connectivity index (χ4v) is 0.860. The number of nitrogens with zero attached hydrogens (tertiary/aromatic N) is 2. The molecule has 0 unspecified atom stereocenters. The maximum Gasteiger partial charge on any atom is 0.225 e. The lowest BCUT2D eigenvalue weighted by molar-refractivity contribution is 1.14. The van der Waals surface area contributed by atoms with Gasteiger partial charge in [0.1, 0.15) is 5.02 Å². The van der Waals surface area contributed by atoms with Gasteiger partial charge in [0.2, 0.25) is 5.28 Å². The number of nitrogens with one attached hydrogen (secondary N) is 1. The zero-order valence-corrected chi connectivity index (χ0v) is 6.80. The molecule has 10 heavy (non-hydrogen) atoms. The summed E-state index contributed by atoms with van der Waals surface area (Å²) in [6, 6.07) is 0. The van der Waals surface area contributed by atoms with Crippen LogP contribution in [0.2, 0.25) is 15.5 Å². The Kier molecular flexibility index (Phi) is 2.18. The molecule has 1 heterocycles. The van der Waals surface area contributed by atoms with E-state index in [9.17, 15) is 0 Å². The highest BCUT2D eigenvalue weighted by Gasteiger charge is 2.06. The summed E-state index contributed by atoms with van der Waals surface area (Å²) in [5.41, 5.74) is 7.05. The first-order chi connectivity index (χ1) is 4.61. The summed E-state index contributed by atoms with van der Waals surface area (Å²) in [5, 5.41) is -0.0443. The van der Waals surface area contributed by atoms with E-state index >= 15 is 0 Å². The number of hydrogen-bond acceptors (Lipinski definition) is 2. The maximum absolute atomic E-state index is 7.05. The molecule has 1 rings (SSSR count). The summed E-state index contributed by atoms with van der Waals surface area (Å²) in [6.45, 7) is 0. The molecule has 0 aliphatic heterocycles. The maximum atomic E-state index is 7.05. The lowest BCUT2D eigenvalue weighted by Crippen LogP contribution is -1.86. The van der Waals surface area contributed by atoms with Crippen LogP contribution in [0.4, 0.5) is 5.82 Å². The van der Waals surface area contributed by atoms with Crippen LogP contribution in [0.25, 0.3) is 0 Å². The Hall–Kier alpha value is -0.250. The third kappa shape index (κ3) is 1.42. The van der Waals surface area contributed by atoms with Crippen LogP contribution < -0.4 is 5.73 Å². The Balaban J connectivity index is 3.31. The third-order valence-electron chi connectivity index (χ3n) is 0.784. The summed E-state index contributed by atoms with van der Waals surface area (Å²) in [5.74, 6) is -0.160. The first-order valence-electron chi connectivity index (χ1n) is 2.21. The van der Waals surface area contributed by atoms with E-state index < -0.39 is 0 Å². The van der Waals surface area contributed by atoms with Crippen LogP contribution in [0.1, 0.15) is 0 Å². The van der Waals surface area contributed by atoms with Crippen molar-refractivity contribution in [1.82, 2.24) is 15.7 Å². The minimum Gasteiger partial charge on any atom is -0.281 e. The molecule has 0 aliphatic carbocycles. The van der Waals surface area contributed by atoms with E-state index in [4.69, 9.17) is 40.5 Å². The zero-order chi connectivity index (χ0) is 7.72. The number of halogens is 3. The third-order valence-corrected chi connectivity index (χ3v) is 1.68. The van der Waals surface area contributed by atoms with E-state index in [-0.39, 0.29) is 21.3 Å². The average Bonchev–Trinajstić information content (AvgIpc) is 1.82. The van der Waals surface area contributed by atoms with Crippen molar-refractivity contribution in [3.63, 3.8) is 0 Å². The lowest BCUT2D eigenvalue weighted by atomic mass is 10.6. The summed E-state index contributed by atoms with van der Waals surface area (Å²) < 4.78 is 0. The van der Waals surface area contributed by atoms with Crippen molar-refractivity contribution in [2.75, 3.05) is 0 Å². The highest BCUT2D eigenvalue weighted by molar-refractivity contribution is 6.43. The standard InChI is InChI=1S/C4HCl3N3/c5-1-2(6)9-4(7)10-3(1)8/h8H. The fourth-order valence-electron chi connectivity index (χ4n) is 0.394. The molecule has 1 aromatic rings. The van der Waals surface area contributed by atoms with Gasteiger partial charge >= 0.3 is 0 Å². The summed E-state index contributed by atoms with van der Waals surface area (Å²) in [4.78, 5) is 6.94. The molecule has 0 bridgehead atoms. The van der Waals surface area contributed by atoms with Crippen LogP contribution >= 0.6 is 34.8 Å². The second kappa shape index (κ2) is 2.78. The van der Waals surface area contributed by atoms with Gasteiger partial charge in [-0.25, -0.2) is 4.98 Å². The van der Waals surface area contributed by atoms with Crippen LogP contribution in [0, 0.1) is 0 Å². The summed E-state index contributed by atoms with van der Waals surface area (Å²) >= 11 is 16.2. The lowest BCUT2D eigenvalue weighted by Gasteiger charge is -1.96. The highest BCUT2D eigenvalue weighted by atomic mass is 35.5. The van der Waals surface area contributed by atoms with Crippen molar-refractivity contribution >= 4 is 40.6 Å². The summed E-state index contributed by atoms with van der Waals surface area (Å²) in [7, 11) is 0. The largest absolute Gasteiger partial charge is 0.281 e. The monoisotopic (exact) mass is 196 g/mol. The quantitative estimate of drug-likeness (QED) is 0.473. The second-order valence-corrected chi connectivity index (χ2v) is 2.52.